The SMILES string of the molecule is COc1cc(C(=O)Nc2cc3c(cc2Br)OCCO3)cc2c1OCCO2. The smallest absolute Gasteiger partial charge is 0.255 e. The lowest BCUT2D eigenvalue weighted by atomic mass is 10.1. The van der Waals surface area contributed by atoms with Gasteiger partial charge >= 0.3 is 0 Å². The lowest BCUT2D eigenvalue weighted by Gasteiger charge is -2.22. The first-order chi connectivity index (χ1) is 12.7. The van der Waals surface area contributed by atoms with Crippen molar-refractivity contribution in [3.05, 3.63) is 34.3 Å². The number of benzene rings is 2. The molecular weight excluding hydrogens is 406 g/mol. The van der Waals surface area contributed by atoms with Gasteiger partial charge in [0.2, 0.25) is 5.75 Å². The molecule has 0 saturated heterocycles. The molecule has 26 heavy (non-hydrogen) atoms. The third-order valence-electron chi connectivity index (χ3n) is 3.97. The van der Waals surface area contributed by atoms with E-state index in [4.69, 9.17) is 23.7 Å². The summed E-state index contributed by atoms with van der Waals surface area (Å²) in [6, 6.07) is 6.76. The Kier molecular flexibility index (Phi) is 4.50. The van der Waals surface area contributed by atoms with Crippen LogP contribution in [0.4, 0.5) is 5.69 Å². The van der Waals surface area contributed by atoms with Crippen molar-refractivity contribution in [2.75, 3.05) is 38.9 Å². The molecule has 2 heterocycles. The molecule has 0 atom stereocenters. The van der Waals surface area contributed by atoms with E-state index in [1.165, 1.54) is 7.11 Å². The van der Waals surface area contributed by atoms with Crippen molar-refractivity contribution in [1.82, 2.24) is 0 Å². The van der Waals surface area contributed by atoms with Crippen molar-refractivity contribution >= 4 is 27.5 Å². The van der Waals surface area contributed by atoms with E-state index in [2.05, 4.69) is 21.2 Å². The highest BCUT2D eigenvalue weighted by Crippen LogP contribution is 2.41. The highest BCUT2D eigenvalue weighted by molar-refractivity contribution is 9.10. The highest BCUT2D eigenvalue weighted by atomic mass is 79.9. The number of methoxy groups -OCH3 is 1. The number of hydrogen-bond acceptors (Lipinski definition) is 6. The molecule has 1 amide bonds. The second-order valence-electron chi connectivity index (χ2n) is 5.63. The summed E-state index contributed by atoms with van der Waals surface area (Å²) in [7, 11) is 1.52. The Balaban J connectivity index is 1.63. The van der Waals surface area contributed by atoms with Gasteiger partial charge in [0.15, 0.2) is 23.0 Å². The van der Waals surface area contributed by atoms with Gasteiger partial charge in [-0.2, -0.15) is 0 Å². The first kappa shape index (κ1) is 16.8. The number of rotatable bonds is 3. The van der Waals surface area contributed by atoms with Crippen molar-refractivity contribution in [1.29, 1.82) is 0 Å². The van der Waals surface area contributed by atoms with E-state index in [1.54, 1.807) is 24.3 Å². The van der Waals surface area contributed by atoms with E-state index in [-0.39, 0.29) is 5.91 Å². The maximum atomic E-state index is 12.7. The molecule has 1 N–H and O–H groups in total. The third-order valence-corrected chi connectivity index (χ3v) is 4.63. The molecule has 2 aromatic carbocycles. The largest absolute Gasteiger partial charge is 0.493 e. The average molecular weight is 422 g/mol. The van der Waals surface area contributed by atoms with Crippen LogP contribution in [0, 0.1) is 0 Å². The minimum atomic E-state index is -0.308. The zero-order valence-corrected chi connectivity index (χ0v) is 15.6. The molecule has 2 aliphatic rings. The molecule has 136 valence electrons. The lowest BCUT2D eigenvalue weighted by molar-refractivity contribution is 0.102. The van der Waals surface area contributed by atoms with Gasteiger partial charge in [0.05, 0.1) is 12.8 Å². The highest BCUT2D eigenvalue weighted by Gasteiger charge is 2.22. The van der Waals surface area contributed by atoms with Gasteiger partial charge in [-0.25, -0.2) is 0 Å². The fourth-order valence-corrected chi connectivity index (χ4v) is 3.18. The summed E-state index contributed by atoms with van der Waals surface area (Å²) in [5.74, 6) is 2.38. The molecule has 2 aromatic rings. The first-order valence-electron chi connectivity index (χ1n) is 8.04. The van der Waals surface area contributed by atoms with E-state index in [0.717, 1.165) is 0 Å². The van der Waals surface area contributed by atoms with Crippen LogP contribution in [0.25, 0.3) is 0 Å². The Morgan fingerprint density at radius 1 is 0.962 bits per heavy atom. The number of halogens is 1. The standard InChI is InChI=1S/C18H16BrNO6/c1-22-15-6-10(7-16-17(15)26-5-4-25-16)18(21)20-12-9-14-13(8-11(12)19)23-2-3-24-14/h6-9H,2-5H2,1H3,(H,20,21). The van der Waals surface area contributed by atoms with Crippen LogP contribution >= 0.6 is 15.9 Å². The van der Waals surface area contributed by atoms with Crippen LogP contribution in [0.5, 0.6) is 28.7 Å². The molecule has 0 spiro atoms. The molecule has 0 fully saturated rings. The number of carbonyl (C=O) groups is 1. The van der Waals surface area contributed by atoms with Gasteiger partial charge in [-0.1, -0.05) is 0 Å². The molecular formula is C18H16BrNO6. The molecule has 4 rings (SSSR count). The number of amides is 1. The number of hydrogen-bond donors (Lipinski definition) is 1. The zero-order valence-electron chi connectivity index (χ0n) is 14.0. The number of anilines is 1. The summed E-state index contributed by atoms with van der Waals surface area (Å²) in [6.07, 6.45) is 0. The van der Waals surface area contributed by atoms with E-state index < -0.39 is 0 Å². The van der Waals surface area contributed by atoms with E-state index in [0.29, 0.717) is 70.9 Å². The number of nitrogens with one attached hydrogen (secondary N) is 1. The molecule has 0 aromatic heterocycles. The predicted molar refractivity (Wildman–Crippen MR) is 97.1 cm³/mol. The summed E-state index contributed by atoms with van der Waals surface area (Å²) in [6.45, 7) is 1.84. The van der Waals surface area contributed by atoms with Gasteiger partial charge in [0.25, 0.3) is 5.91 Å². The fourth-order valence-electron chi connectivity index (χ4n) is 2.76. The van der Waals surface area contributed by atoms with Crippen molar-refractivity contribution < 1.29 is 28.5 Å². The molecule has 0 aliphatic carbocycles. The Morgan fingerprint density at radius 2 is 1.62 bits per heavy atom. The minimum Gasteiger partial charge on any atom is -0.493 e. The minimum absolute atomic E-state index is 0.308. The predicted octanol–water partition coefficient (Wildman–Crippen LogP) is 3.25. The van der Waals surface area contributed by atoms with Gasteiger partial charge in [0, 0.05) is 22.2 Å². The maximum Gasteiger partial charge on any atom is 0.255 e. The van der Waals surface area contributed by atoms with Crippen LogP contribution in [0.15, 0.2) is 28.7 Å². The van der Waals surface area contributed by atoms with Gasteiger partial charge in [-0.15, -0.1) is 0 Å². The Bertz CT molecular complexity index is 852. The van der Waals surface area contributed by atoms with E-state index >= 15 is 0 Å². The topological polar surface area (TPSA) is 75.3 Å². The lowest BCUT2D eigenvalue weighted by Crippen LogP contribution is -2.19. The van der Waals surface area contributed by atoms with E-state index in [9.17, 15) is 4.79 Å². The van der Waals surface area contributed by atoms with Crippen LogP contribution in [0.2, 0.25) is 0 Å². The quantitative estimate of drug-likeness (QED) is 0.819. The van der Waals surface area contributed by atoms with E-state index in [1.807, 2.05) is 0 Å². The van der Waals surface area contributed by atoms with Crippen LogP contribution in [0.1, 0.15) is 10.4 Å². The molecule has 0 bridgehead atoms. The summed E-state index contributed by atoms with van der Waals surface area (Å²) >= 11 is 3.45. The van der Waals surface area contributed by atoms with Crippen molar-refractivity contribution in [3.63, 3.8) is 0 Å². The molecule has 7 nitrogen and oxygen atoms in total. The van der Waals surface area contributed by atoms with Crippen LogP contribution in [0.3, 0.4) is 0 Å². The second-order valence-corrected chi connectivity index (χ2v) is 6.49. The fraction of sp³-hybridized carbons (Fsp3) is 0.278. The maximum absolute atomic E-state index is 12.7. The average Bonchev–Trinajstić information content (AvgIpc) is 2.67. The Hall–Kier alpha value is -2.61. The third kappa shape index (κ3) is 3.12. The van der Waals surface area contributed by atoms with Gasteiger partial charge in [-0.05, 0) is 28.1 Å². The first-order valence-corrected chi connectivity index (χ1v) is 8.83. The Morgan fingerprint density at radius 3 is 2.35 bits per heavy atom. The van der Waals surface area contributed by atoms with Gasteiger partial charge < -0.3 is 29.0 Å². The van der Waals surface area contributed by atoms with Crippen LogP contribution < -0.4 is 29.0 Å². The summed E-state index contributed by atoms with van der Waals surface area (Å²) in [4.78, 5) is 12.7. The van der Waals surface area contributed by atoms with Crippen LogP contribution in [-0.4, -0.2) is 39.4 Å². The molecule has 8 heteroatoms. The number of fused-ring (bicyclic) bond motifs is 2. The van der Waals surface area contributed by atoms with Crippen LogP contribution in [-0.2, 0) is 0 Å². The van der Waals surface area contributed by atoms with Crippen molar-refractivity contribution in [2.24, 2.45) is 0 Å². The molecule has 0 radical (unpaired) electrons. The second kappa shape index (κ2) is 6.95. The van der Waals surface area contributed by atoms with Gasteiger partial charge in [-0.3, -0.25) is 4.79 Å². The number of ether oxygens (including phenoxy) is 5. The molecule has 0 saturated carbocycles. The summed E-state index contributed by atoms with van der Waals surface area (Å²) < 4.78 is 28.2. The van der Waals surface area contributed by atoms with Gasteiger partial charge in [0.1, 0.15) is 26.4 Å². The summed E-state index contributed by atoms with van der Waals surface area (Å²) in [5, 5.41) is 2.86. The number of carbonyl (C=O) groups excluding carboxylic acids is 1. The Labute approximate surface area is 158 Å². The molecule has 2 aliphatic heterocycles. The monoisotopic (exact) mass is 421 g/mol. The van der Waals surface area contributed by atoms with Crippen molar-refractivity contribution in [3.8, 4) is 28.7 Å². The molecule has 0 unspecified atom stereocenters. The van der Waals surface area contributed by atoms with Crippen molar-refractivity contribution in [2.45, 2.75) is 0 Å². The normalized spacial score (nSPS) is 14.5. The summed E-state index contributed by atoms with van der Waals surface area (Å²) in [5.41, 5.74) is 0.973. The zero-order chi connectivity index (χ0) is 18.1.